The van der Waals surface area contributed by atoms with Gasteiger partial charge in [0.2, 0.25) is 0 Å². The first-order chi connectivity index (χ1) is 16.1. The van der Waals surface area contributed by atoms with Crippen LogP contribution in [0.3, 0.4) is 0 Å². The Hall–Kier alpha value is -2.11. The lowest BCUT2D eigenvalue weighted by atomic mass is 10.0. The largest absolute Gasteiger partial charge is 0.449 e. The molecule has 1 N–H and O–H groups in total. The summed E-state index contributed by atoms with van der Waals surface area (Å²) in [6.45, 7) is 2.67. The fraction of sp³-hybridized carbons (Fsp3) is 0.741. The van der Waals surface area contributed by atoms with E-state index in [-0.39, 0.29) is 5.69 Å². The summed E-state index contributed by atoms with van der Waals surface area (Å²) in [5.41, 5.74) is 0.483. The summed E-state index contributed by atoms with van der Waals surface area (Å²) in [5.74, 6) is 0. The van der Waals surface area contributed by atoms with Crippen LogP contribution in [0.4, 0.5) is 16.2 Å². The lowest BCUT2D eigenvalue weighted by Crippen LogP contribution is -2.14. The molecule has 33 heavy (non-hydrogen) atoms. The minimum atomic E-state index is -0.518. The summed E-state index contributed by atoms with van der Waals surface area (Å²) in [4.78, 5) is 21.9. The maximum Gasteiger partial charge on any atom is 0.411 e. The van der Waals surface area contributed by atoms with Gasteiger partial charge in [-0.3, -0.25) is 15.4 Å². The highest BCUT2D eigenvalue weighted by molar-refractivity contribution is 5.84. The lowest BCUT2D eigenvalue weighted by molar-refractivity contribution is -0.384. The lowest BCUT2D eigenvalue weighted by Gasteiger charge is -2.07. The van der Waals surface area contributed by atoms with Crippen molar-refractivity contribution in [3.8, 4) is 0 Å². The maximum absolute atomic E-state index is 11.7. The zero-order valence-electron chi connectivity index (χ0n) is 20.8. The highest BCUT2D eigenvalue weighted by Crippen LogP contribution is 2.16. The third-order valence-corrected chi connectivity index (χ3v) is 6.06. The Balaban J connectivity index is 1.80. The Morgan fingerprint density at radius 1 is 0.727 bits per heavy atom. The molecule has 0 aromatic heterocycles. The number of hydrogen-bond acceptors (Lipinski definition) is 4. The van der Waals surface area contributed by atoms with Gasteiger partial charge in [0.15, 0.2) is 0 Å². The number of ether oxygens (including phenoxy) is 1. The Kier molecular flexibility index (Phi) is 18.0. The molecule has 1 amide bonds. The zero-order valence-corrected chi connectivity index (χ0v) is 20.8. The zero-order chi connectivity index (χ0) is 24.0. The maximum atomic E-state index is 11.7. The SMILES string of the molecule is CCCCCCCCCCCCCCCCCCCCOC(=O)Nc1ccc([N+](=O)[O-])cc1. The van der Waals surface area contributed by atoms with Crippen LogP contribution < -0.4 is 5.32 Å². The molecule has 0 atom stereocenters. The number of nitro groups is 1. The van der Waals surface area contributed by atoms with Crippen LogP contribution in [0, 0.1) is 10.1 Å². The Labute approximate surface area is 201 Å². The number of amides is 1. The van der Waals surface area contributed by atoms with Crippen LogP contribution in [-0.2, 0) is 4.74 Å². The highest BCUT2D eigenvalue weighted by atomic mass is 16.6. The molecule has 0 saturated heterocycles. The van der Waals surface area contributed by atoms with Crippen molar-refractivity contribution in [3.05, 3.63) is 34.4 Å². The van der Waals surface area contributed by atoms with Gasteiger partial charge in [0.05, 0.1) is 11.5 Å². The van der Waals surface area contributed by atoms with Gasteiger partial charge in [-0.15, -0.1) is 0 Å². The summed E-state index contributed by atoms with van der Waals surface area (Å²) in [6, 6.07) is 5.70. The molecule has 6 heteroatoms. The van der Waals surface area contributed by atoms with Gasteiger partial charge < -0.3 is 4.74 Å². The average molecular weight is 463 g/mol. The van der Waals surface area contributed by atoms with E-state index < -0.39 is 11.0 Å². The second-order valence-corrected chi connectivity index (χ2v) is 9.08. The molecule has 1 aromatic carbocycles. The van der Waals surface area contributed by atoms with Crippen molar-refractivity contribution in [3.63, 3.8) is 0 Å². The molecule has 0 heterocycles. The summed E-state index contributed by atoms with van der Waals surface area (Å²) in [6.07, 6.45) is 23.4. The molecule has 0 saturated carbocycles. The van der Waals surface area contributed by atoms with Crippen LogP contribution in [-0.4, -0.2) is 17.6 Å². The third-order valence-electron chi connectivity index (χ3n) is 6.06. The van der Waals surface area contributed by atoms with Crippen LogP contribution in [0.2, 0.25) is 0 Å². The van der Waals surface area contributed by atoms with E-state index in [0.29, 0.717) is 12.3 Å². The van der Waals surface area contributed by atoms with Crippen molar-refractivity contribution in [2.75, 3.05) is 11.9 Å². The first-order valence-corrected chi connectivity index (χ1v) is 13.3. The minimum Gasteiger partial charge on any atom is -0.449 e. The highest BCUT2D eigenvalue weighted by Gasteiger charge is 2.07. The molecule has 0 fully saturated rings. The summed E-state index contributed by atoms with van der Waals surface area (Å²) < 4.78 is 5.17. The summed E-state index contributed by atoms with van der Waals surface area (Å²) in [5, 5.41) is 13.2. The second kappa shape index (κ2) is 20.5. The van der Waals surface area contributed by atoms with Crippen molar-refractivity contribution in [1.29, 1.82) is 0 Å². The first-order valence-electron chi connectivity index (χ1n) is 13.3. The summed E-state index contributed by atoms with van der Waals surface area (Å²) in [7, 11) is 0. The van der Waals surface area contributed by atoms with Crippen LogP contribution >= 0.6 is 0 Å². The number of anilines is 1. The van der Waals surface area contributed by atoms with E-state index in [1.54, 1.807) is 0 Å². The predicted molar refractivity (Wildman–Crippen MR) is 137 cm³/mol. The van der Waals surface area contributed by atoms with Crippen LogP contribution in [0.15, 0.2) is 24.3 Å². The molecule has 0 radical (unpaired) electrons. The first kappa shape index (κ1) is 28.9. The van der Waals surface area contributed by atoms with Crippen molar-refractivity contribution >= 4 is 17.5 Å². The van der Waals surface area contributed by atoms with E-state index in [1.807, 2.05) is 0 Å². The number of benzene rings is 1. The molecule has 0 aliphatic heterocycles. The molecule has 1 aromatic rings. The summed E-state index contributed by atoms with van der Waals surface area (Å²) >= 11 is 0. The van der Waals surface area contributed by atoms with E-state index in [2.05, 4.69) is 12.2 Å². The Bertz CT molecular complexity index is 619. The van der Waals surface area contributed by atoms with Gasteiger partial charge in [0.1, 0.15) is 0 Å². The van der Waals surface area contributed by atoms with E-state index in [9.17, 15) is 14.9 Å². The Morgan fingerprint density at radius 3 is 1.52 bits per heavy atom. The standard InChI is InChI=1S/C27H46N2O4/c1-2-3-4-5-6-7-8-9-10-11-12-13-14-15-16-17-18-19-24-33-27(30)28-25-20-22-26(23-21-25)29(31)32/h20-23H,2-19,24H2,1H3,(H,28,30). The van der Waals surface area contributed by atoms with Crippen LogP contribution in [0.1, 0.15) is 122 Å². The van der Waals surface area contributed by atoms with E-state index in [1.165, 1.54) is 127 Å². The quantitative estimate of drug-likeness (QED) is 0.112. The van der Waals surface area contributed by atoms with Gasteiger partial charge >= 0.3 is 6.09 Å². The van der Waals surface area contributed by atoms with E-state index in [4.69, 9.17) is 4.74 Å². The molecule has 1 rings (SSSR count). The normalized spacial score (nSPS) is 10.8. The number of non-ortho nitro benzene ring substituents is 1. The van der Waals surface area contributed by atoms with Gasteiger partial charge in [-0.25, -0.2) is 4.79 Å². The van der Waals surface area contributed by atoms with E-state index >= 15 is 0 Å². The van der Waals surface area contributed by atoms with Gasteiger partial charge in [-0.05, 0) is 18.6 Å². The molecule has 0 spiro atoms. The topological polar surface area (TPSA) is 81.5 Å². The van der Waals surface area contributed by atoms with Gasteiger partial charge in [-0.1, -0.05) is 116 Å². The molecule has 188 valence electrons. The van der Waals surface area contributed by atoms with Crippen molar-refractivity contribution < 1.29 is 14.5 Å². The molecule has 0 unspecified atom stereocenters. The molecule has 0 aliphatic carbocycles. The molecular formula is C27H46N2O4. The Morgan fingerprint density at radius 2 is 1.12 bits per heavy atom. The molecule has 0 aliphatic rings. The average Bonchev–Trinajstić information content (AvgIpc) is 2.81. The van der Waals surface area contributed by atoms with E-state index in [0.717, 1.165) is 12.8 Å². The number of carbonyl (C=O) groups excluding carboxylic acids is 1. The molecule has 6 nitrogen and oxygen atoms in total. The molecule has 0 bridgehead atoms. The predicted octanol–water partition coefficient (Wildman–Crippen LogP) is 9.19. The van der Waals surface area contributed by atoms with Crippen molar-refractivity contribution in [2.24, 2.45) is 0 Å². The smallest absolute Gasteiger partial charge is 0.411 e. The van der Waals surface area contributed by atoms with Crippen molar-refractivity contribution in [1.82, 2.24) is 0 Å². The number of rotatable bonds is 21. The van der Waals surface area contributed by atoms with Crippen molar-refractivity contribution in [2.45, 2.75) is 122 Å². The number of nitrogens with one attached hydrogen (secondary N) is 1. The monoisotopic (exact) mass is 462 g/mol. The van der Waals surface area contributed by atoms with Gasteiger partial charge in [0, 0.05) is 17.8 Å². The number of carbonyl (C=O) groups is 1. The third kappa shape index (κ3) is 17.1. The van der Waals surface area contributed by atoms with Gasteiger partial charge in [-0.2, -0.15) is 0 Å². The number of nitro benzene ring substituents is 1. The number of hydrogen-bond donors (Lipinski definition) is 1. The number of unbranched alkanes of at least 4 members (excludes halogenated alkanes) is 17. The fourth-order valence-electron chi connectivity index (χ4n) is 3.99. The molecular weight excluding hydrogens is 416 g/mol. The minimum absolute atomic E-state index is 0.00674. The number of nitrogens with zero attached hydrogens (tertiary/aromatic N) is 1. The fourth-order valence-corrected chi connectivity index (χ4v) is 3.99. The van der Waals surface area contributed by atoms with Gasteiger partial charge in [0.25, 0.3) is 5.69 Å². The van der Waals surface area contributed by atoms with Crippen LogP contribution in [0.5, 0.6) is 0 Å². The second-order valence-electron chi connectivity index (χ2n) is 9.08. The van der Waals surface area contributed by atoms with Crippen LogP contribution in [0.25, 0.3) is 0 Å².